The van der Waals surface area contributed by atoms with Crippen molar-refractivity contribution in [2.45, 2.75) is 57.5 Å². The lowest BCUT2D eigenvalue weighted by Gasteiger charge is -2.38. The van der Waals surface area contributed by atoms with E-state index in [2.05, 4.69) is 10.6 Å². The maximum Gasteiger partial charge on any atom is 0.318 e. The van der Waals surface area contributed by atoms with Gasteiger partial charge in [-0.25, -0.2) is 9.18 Å². The van der Waals surface area contributed by atoms with Crippen LogP contribution in [0.1, 0.15) is 57.6 Å². The van der Waals surface area contributed by atoms with Crippen LogP contribution < -0.4 is 10.6 Å². The third-order valence-corrected chi connectivity index (χ3v) is 4.70. The van der Waals surface area contributed by atoms with Crippen molar-refractivity contribution in [1.82, 2.24) is 15.5 Å². The number of amides is 3. The van der Waals surface area contributed by atoms with Crippen LogP contribution in [-0.4, -0.2) is 36.0 Å². The lowest BCUT2D eigenvalue weighted by Crippen LogP contribution is -2.52. The van der Waals surface area contributed by atoms with Crippen molar-refractivity contribution in [3.8, 4) is 0 Å². The topological polar surface area (TPSA) is 61.4 Å². The van der Waals surface area contributed by atoms with Gasteiger partial charge < -0.3 is 15.5 Å². The zero-order valence-electron chi connectivity index (χ0n) is 15.3. The fourth-order valence-corrected chi connectivity index (χ4v) is 3.21. The first-order chi connectivity index (χ1) is 11.8. The molecule has 0 aliphatic carbocycles. The van der Waals surface area contributed by atoms with Gasteiger partial charge in [-0.3, -0.25) is 4.79 Å². The van der Waals surface area contributed by atoms with Gasteiger partial charge in [-0.2, -0.15) is 0 Å². The number of piperidine rings is 1. The molecule has 3 amide bonds. The molecule has 1 aromatic rings. The number of likely N-dealkylation sites (tertiary alicyclic amines) is 1. The lowest BCUT2D eigenvalue weighted by atomic mass is 9.94. The molecule has 0 saturated carbocycles. The third-order valence-electron chi connectivity index (χ3n) is 4.70. The molecule has 0 aromatic heterocycles. The third kappa shape index (κ3) is 5.44. The highest BCUT2D eigenvalue weighted by atomic mass is 19.1. The van der Waals surface area contributed by atoms with Crippen LogP contribution >= 0.6 is 0 Å². The Bertz CT molecular complexity index is 618. The van der Waals surface area contributed by atoms with Crippen molar-refractivity contribution in [3.63, 3.8) is 0 Å². The van der Waals surface area contributed by atoms with Gasteiger partial charge in [0.25, 0.3) is 0 Å². The van der Waals surface area contributed by atoms with Crippen molar-refractivity contribution < 1.29 is 14.0 Å². The molecule has 1 fully saturated rings. The molecule has 0 spiro atoms. The van der Waals surface area contributed by atoms with Gasteiger partial charge in [0.2, 0.25) is 5.91 Å². The number of halogens is 1. The minimum Gasteiger partial charge on any atom is -0.359 e. The van der Waals surface area contributed by atoms with Gasteiger partial charge in [0.15, 0.2) is 0 Å². The van der Waals surface area contributed by atoms with E-state index in [1.54, 1.807) is 18.0 Å². The van der Waals surface area contributed by atoms with E-state index in [1.165, 1.54) is 12.1 Å². The standard InChI is InChI=1S/C19H28FN3O2/c1-19(2,11-10-17(24)21-3)22-18(25)23-12-5-4-9-16(23)14-7-6-8-15(20)13-14/h6-8,13,16H,4-5,9-12H2,1-3H3,(H,21,24)(H,22,25)/t16-/m1/s1. The summed E-state index contributed by atoms with van der Waals surface area (Å²) < 4.78 is 13.6. The molecule has 1 atom stereocenters. The number of carbonyl (C=O) groups is 2. The fourth-order valence-electron chi connectivity index (χ4n) is 3.21. The van der Waals surface area contributed by atoms with E-state index in [9.17, 15) is 14.0 Å². The minimum absolute atomic E-state index is 0.0436. The molecule has 2 rings (SSSR count). The largest absolute Gasteiger partial charge is 0.359 e. The molecule has 0 radical (unpaired) electrons. The van der Waals surface area contributed by atoms with Crippen LogP contribution in [0.3, 0.4) is 0 Å². The number of hydrogen-bond donors (Lipinski definition) is 2. The fraction of sp³-hybridized carbons (Fsp3) is 0.579. The summed E-state index contributed by atoms with van der Waals surface area (Å²) in [6, 6.07) is 6.21. The maximum atomic E-state index is 13.6. The summed E-state index contributed by atoms with van der Waals surface area (Å²) in [5.41, 5.74) is 0.339. The molecule has 2 N–H and O–H groups in total. The van der Waals surface area contributed by atoms with Gasteiger partial charge in [-0.1, -0.05) is 12.1 Å². The zero-order chi connectivity index (χ0) is 18.4. The summed E-state index contributed by atoms with van der Waals surface area (Å²) in [5.74, 6) is -0.327. The van der Waals surface area contributed by atoms with E-state index in [1.807, 2.05) is 19.9 Å². The van der Waals surface area contributed by atoms with Crippen molar-refractivity contribution in [3.05, 3.63) is 35.6 Å². The molecule has 1 aliphatic heterocycles. The Hall–Kier alpha value is -2.11. The van der Waals surface area contributed by atoms with Crippen LogP contribution in [0.25, 0.3) is 0 Å². The van der Waals surface area contributed by atoms with Crippen LogP contribution in [-0.2, 0) is 4.79 Å². The van der Waals surface area contributed by atoms with E-state index in [0.29, 0.717) is 19.4 Å². The molecule has 25 heavy (non-hydrogen) atoms. The highest BCUT2D eigenvalue weighted by Crippen LogP contribution is 2.31. The van der Waals surface area contributed by atoms with Crippen molar-refractivity contribution >= 4 is 11.9 Å². The summed E-state index contributed by atoms with van der Waals surface area (Å²) in [6.07, 6.45) is 3.70. The molecular formula is C19H28FN3O2. The average Bonchev–Trinajstić information content (AvgIpc) is 2.59. The van der Waals surface area contributed by atoms with Gasteiger partial charge in [-0.15, -0.1) is 0 Å². The highest BCUT2D eigenvalue weighted by molar-refractivity contribution is 5.77. The Morgan fingerprint density at radius 3 is 2.76 bits per heavy atom. The first-order valence-electron chi connectivity index (χ1n) is 8.87. The van der Waals surface area contributed by atoms with Crippen LogP contribution in [0.15, 0.2) is 24.3 Å². The predicted octanol–water partition coefficient (Wildman–Crippen LogP) is 3.37. The number of hydrogen-bond acceptors (Lipinski definition) is 2. The average molecular weight is 349 g/mol. The van der Waals surface area contributed by atoms with Crippen LogP contribution in [0.5, 0.6) is 0 Å². The van der Waals surface area contributed by atoms with E-state index in [4.69, 9.17) is 0 Å². The lowest BCUT2D eigenvalue weighted by molar-refractivity contribution is -0.121. The number of nitrogens with zero attached hydrogens (tertiary/aromatic N) is 1. The predicted molar refractivity (Wildman–Crippen MR) is 95.6 cm³/mol. The zero-order valence-corrected chi connectivity index (χ0v) is 15.3. The second-order valence-electron chi connectivity index (χ2n) is 7.25. The molecular weight excluding hydrogens is 321 g/mol. The van der Waals surface area contributed by atoms with E-state index in [0.717, 1.165) is 24.8 Å². The number of benzene rings is 1. The Morgan fingerprint density at radius 2 is 2.08 bits per heavy atom. The summed E-state index contributed by atoms with van der Waals surface area (Å²) in [4.78, 5) is 26.1. The summed E-state index contributed by atoms with van der Waals surface area (Å²) in [7, 11) is 1.60. The molecule has 0 unspecified atom stereocenters. The number of rotatable bonds is 5. The number of nitrogens with one attached hydrogen (secondary N) is 2. The SMILES string of the molecule is CNC(=O)CCC(C)(C)NC(=O)N1CCCC[C@@H]1c1cccc(F)c1. The molecule has 0 bridgehead atoms. The van der Waals surface area contributed by atoms with Crippen molar-refractivity contribution in [1.29, 1.82) is 0 Å². The number of carbonyl (C=O) groups excluding carboxylic acids is 2. The summed E-state index contributed by atoms with van der Waals surface area (Å²) in [5, 5.41) is 5.62. The van der Waals surface area contributed by atoms with E-state index in [-0.39, 0.29) is 23.8 Å². The van der Waals surface area contributed by atoms with Crippen LogP contribution in [0, 0.1) is 5.82 Å². The quantitative estimate of drug-likeness (QED) is 0.856. The van der Waals surface area contributed by atoms with E-state index < -0.39 is 5.54 Å². The minimum atomic E-state index is -0.493. The first kappa shape index (κ1) is 19.2. The molecule has 1 aromatic carbocycles. The second-order valence-corrected chi connectivity index (χ2v) is 7.25. The number of urea groups is 1. The van der Waals surface area contributed by atoms with Gasteiger partial charge in [-0.05, 0) is 57.2 Å². The Balaban J connectivity index is 2.06. The molecule has 138 valence electrons. The van der Waals surface area contributed by atoms with Crippen molar-refractivity contribution in [2.75, 3.05) is 13.6 Å². The molecule has 1 saturated heterocycles. The molecule has 5 nitrogen and oxygen atoms in total. The van der Waals surface area contributed by atoms with Gasteiger partial charge in [0.05, 0.1) is 6.04 Å². The Morgan fingerprint density at radius 1 is 1.32 bits per heavy atom. The van der Waals surface area contributed by atoms with Gasteiger partial charge in [0, 0.05) is 25.6 Å². The molecule has 1 heterocycles. The van der Waals surface area contributed by atoms with Gasteiger partial charge in [0.1, 0.15) is 5.82 Å². The smallest absolute Gasteiger partial charge is 0.318 e. The summed E-state index contributed by atoms with van der Waals surface area (Å²) in [6.45, 7) is 4.47. The van der Waals surface area contributed by atoms with Crippen LogP contribution in [0.2, 0.25) is 0 Å². The highest BCUT2D eigenvalue weighted by Gasteiger charge is 2.31. The van der Waals surface area contributed by atoms with Crippen molar-refractivity contribution in [2.24, 2.45) is 0 Å². The molecule has 6 heteroatoms. The normalized spacial score (nSPS) is 17.9. The van der Waals surface area contributed by atoms with E-state index >= 15 is 0 Å². The van der Waals surface area contributed by atoms with Crippen LogP contribution in [0.4, 0.5) is 9.18 Å². The Labute approximate surface area is 149 Å². The second kappa shape index (κ2) is 8.32. The van der Waals surface area contributed by atoms with Gasteiger partial charge >= 0.3 is 6.03 Å². The monoisotopic (exact) mass is 349 g/mol. The molecule has 1 aliphatic rings. The first-order valence-corrected chi connectivity index (χ1v) is 8.87. The Kier molecular flexibility index (Phi) is 6.39. The maximum absolute atomic E-state index is 13.6. The summed E-state index contributed by atoms with van der Waals surface area (Å²) >= 11 is 0.